The first-order valence-corrected chi connectivity index (χ1v) is 9.20. The van der Waals surface area contributed by atoms with E-state index in [0.29, 0.717) is 0 Å². The number of hydrogen-bond donors (Lipinski definition) is 2. The van der Waals surface area contributed by atoms with Crippen LogP contribution in [0, 0.1) is 46.5 Å². The Balaban J connectivity index is 2.40. The molecule has 0 saturated carbocycles. The fourth-order valence-corrected chi connectivity index (χ4v) is 2.90. The second-order valence-electron chi connectivity index (χ2n) is 7.01. The van der Waals surface area contributed by atoms with Crippen LogP contribution in [0.1, 0.15) is 11.1 Å². The average Bonchev–Trinajstić information content (AvgIpc) is 2.82. The predicted octanol–water partition coefficient (Wildman–Crippen LogP) is 7.59. The van der Waals surface area contributed by atoms with Crippen LogP contribution in [0.5, 0.6) is 23.0 Å². The number of halogens is 14. The van der Waals surface area contributed by atoms with Crippen LogP contribution in [0.25, 0.3) is 0 Å². The average molecular weight is 572 g/mol. The fraction of sp³-hybridized carbons (Fsp3) is 0.100. The lowest BCUT2D eigenvalue weighted by Gasteiger charge is -2.22. The molecule has 0 radical (unpaired) electrons. The fourth-order valence-electron chi connectivity index (χ4n) is 2.90. The molecule has 38 heavy (non-hydrogen) atoms. The lowest BCUT2D eigenvalue weighted by Crippen LogP contribution is -2.17. The van der Waals surface area contributed by atoms with Crippen molar-refractivity contribution < 1.29 is 70.9 Å². The molecule has 3 aromatic rings. The van der Waals surface area contributed by atoms with Crippen molar-refractivity contribution in [2.45, 2.75) is 12.4 Å². The van der Waals surface area contributed by atoms with Crippen molar-refractivity contribution in [3.05, 3.63) is 69.8 Å². The third kappa shape index (κ3) is 4.65. The highest BCUT2D eigenvalue weighted by Gasteiger charge is 2.46. The van der Waals surface area contributed by atoms with Crippen molar-refractivity contribution in [3.63, 3.8) is 0 Å². The van der Waals surface area contributed by atoms with Crippen molar-refractivity contribution in [2.24, 2.45) is 0 Å². The molecule has 0 unspecified atom stereocenters. The van der Waals surface area contributed by atoms with E-state index in [1.54, 1.807) is 0 Å². The summed E-state index contributed by atoms with van der Waals surface area (Å²) in [4.78, 5) is 0. The molecule has 4 nitrogen and oxygen atoms in total. The van der Waals surface area contributed by atoms with E-state index in [4.69, 9.17) is 11.5 Å². The van der Waals surface area contributed by atoms with E-state index in [0.717, 1.165) is 0 Å². The minimum absolute atomic E-state index is 0.221. The molecular formula is C20H6F14N2O2. The van der Waals surface area contributed by atoms with Gasteiger partial charge >= 0.3 is 12.4 Å². The lowest BCUT2D eigenvalue weighted by atomic mass is 10.1. The molecule has 4 N–H and O–H groups in total. The summed E-state index contributed by atoms with van der Waals surface area (Å²) in [6.07, 6.45) is -11.9. The molecule has 3 aromatic carbocycles. The molecule has 3 rings (SSSR count). The second kappa shape index (κ2) is 9.32. The van der Waals surface area contributed by atoms with Crippen molar-refractivity contribution in [1.29, 1.82) is 0 Å². The molecule has 0 saturated heterocycles. The maximum absolute atomic E-state index is 14.2. The van der Waals surface area contributed by atoms with Gasteiger partial charge in [-0.2, -0.15) is 35.1 Å². The summed E-state index contributed by atoms with van der Waals surface area (Å²) in [5.41, 5.74) is 0.638. The van der Waals surface area contributed by atoms with Crippen LogP contribution < -0.4 is 20.9 Å². The third-order valence-electron chi connectivity index (χ3n) is 4.64. The van der Waals surface area contributed by atoms with Crippen LogP contribution in [-0.2, 0) is 12.4 Å². The lowest BCUT2D eigenvalue weighted by molar-refractivity contribution is -0.145. The van der Waals surface area contributed by atoms with Crippen LogP contribution in [-0.4, -0.2) is 0 Å². The summed E-state index contributed by atoms with van der Waals surface area (Å²) in [5, 5.41) is 0. The number of ether oxygens (including phenoxy) is 2. The molecule has 0 atom stereocenters. The van der Waals surface area contributed by atoms with Gasteiger partial charge in [-0.3, -0.25) is 0 Å². The van der Waals surface area contributed by atoms with Crippen LogP contribution in [0.4, 0.5) is 72.8 Å². The van der Waals surface area contributed by atoms with E-state index in [-0.39, 0.29) is 12.1 Å². The number of alkyl halides is 6. The van der Waals surface area contributed by atoms with E-state index in [2.05, 4.69) is 9.47 Å². The van der Waals surface area contributed by atoms with E-state index in [9.17, 15) is 61.5 Å². The SMILES string of the molecule is Nc1c(F)c(F)c(F)c(Oc2ccc(C(F)(F)F)c(Oc3c(F)c(N)c(F)c(F)c3F)c2C(F)(F)F)c1F. The highest BCUT2D eigenvalue weighted by molar-refractivity contribution is 5.58. The molecule has 18 heteroatoms. The van der Waals surface area contributed by atoms with Gasteiger partial charge in [0.2, 0.25) is 34.8 Å². The quantitative estimate of drug-likeness (QED) is 0.146. The van der Waals surface area contributed by atoms with Crippen molar-refractivity contribution >= 4 is 11.4 Å². The van der Waals surface area contributed by atoms with E-state index < -0.39 is 104 Å². The van der Waals surface area contributed by atoms with Gasteiger partial charge in [0.25, 0.3) is 0 Å². The molecule has 0 amide bonds. The number of nitrogen functional groups attached to an aromatic ring is 2. The summed E-state index contributed by atoms with van der Waals surface area (Å²) >= 11 is 0. The Morgan fingerprint density at radius 1 is 0.474 bits per heavy atom. The van der Waals surface area contributed by atoms with Crippen LogP contribution >= 0.6 is 0 Å². The van der Waals surface area contributed by atoms with Gasteiger partial charge in [0.15, 0.2) is 29.0 Å². The first kappa shape index (κ1) is 28.5. The number of nitrogens with two attached hydrogens (primary N) is 2. The molecule has 0 fully saturated rings. The number of anilines is 2. The Labute approximate surface area is 199 Å². The van der Waals surface area contributed by atoms with Gasteiger partial charge in [0.05, 0.1) is 5.56 Å². The van der Waals surface area contributed by atoms with Gasteiger partial charge in [0.1, 0.15) is 22.7 Å². The summed E-state index contributed by atoms with van der Waals surface area (Å²) < 4.78 is 201. The second-order valence-corrected chi connectivity index (χ2v) is 7.01. The van der Waals surface area contributed by atoms with Gasteiger partial charge in [-0.15, -0.1) is 0 Å². The van der Waals surface area contributed by atoms with Crippen molar-refractivity contribution in [3.8, 4) is 23.0 Å². The van der Waals surface area contributed by atoms with Crippen molar-refractivity contribution in [1.82, 2.24) is 0 Å². The zero-order valence-corrected chi connectivity index (χ0v) is 17.4. The van der Waals surface area contributed by atoms with Crippen LogP contribution in [0.15, 0.2) is 12.1 Å². The maximum atomic E-state index is 14.2. The standard InChI is InChI=1S/C20H6F14N2O2/c21-6-8(23)14(35)12(27)17(10(6)25)37-4-2-1-3(19(29,30)31)16(5(4)20(32,33)34)38-18-11(26)7(22)9(24)15(36)13(18)28/h1-2H,35-36H2. The summed E-state index contributed by atoms with van der Waals surface area (Å²) in [6, 6.07) is -0.529. The molecule has 0 aromatic heterocycles. The van der Waals surface area contributed by atoms with Gasteiger partial charge in [-0.1, -0.05) is 0 Å². The van der Waals surface area contributed by atoms with Crippen molar-refractivity contribution in [2.75, 3.05) is 11.5 Å². The normalized spacial score (nSPS) is 12.2. The molecule has 206 valence electrons. The molecule has 0 spiro atoms. The molecule has 0 aliphatic heterocycles. The Morgan fingerprint density at radius 3 is 1.29 bits per heavy atom. The third-order valence-corrected chi connectivity index (χ3v) is 4.64. The van der Waals surface area contributed by atoms with E-state index >= 15 is 0 Å². The smallest absolute Gasteiger partial charge is 0.423 e. The highest BCUT2D eigenvalue weighted by atomic mass is 19.4. The topological polar surface area (TPSA) is 70.5 Å². The van der Waals surface area contributed by atoms with Gasteiger partial charge in [-0.25, -0.2) is 26.3 Å². The van der Waals surface area contributed by atoms with Crippen LogP contribution in [0.2, 0.25) is 0 Å². The van der Waals surface area contributed by atoms with E-state index in [1.807, 2.05) is 0 Å². The summed E-state index contributed by atoms with van der Waals surface area (Å²) in [7, 11) is 0. The summed E-state index contributed by atoms with van der Waals surface area (Å²) in [6.45, 7) is 0. The Kier molecular flexibility index (Phi) is 6.98. The molecule has 0 heterocycles. The predicted molar refractivity (Wildman–Crippen MR) is 98.0 cm³/mol. The molecular weight excluding hydrogens is 566 g/mol. The first-order chi connectivity index (χ1) is 17.3. The maximum Gasteiger partial charge on any atom is 0.423 e. The minimum atomic E-state index is -6.10. The van der Waals surface area contributed by atoms with E-state index in [1.165, 1.54) is 0 Å². The Hall–Kier alpha value is -4.12. The molecule has 0 aliphatic rings. The zero-order valence-electron chi connectivity index (χ0n) is 17.4. The first-order valence-electron chi connectivity index (χ1n) is 9.20. The molecule has 0 aliphatic carbocycles. The number of benzene rings is 3. The minimum Gasteiger partial charge on any atom is -0.450 e. The van der Waals surface area contributed by atoms with Gasteiger partial charge < -0.3 is 20.9 Å². The van der Waals surface area contributed by atoms with Crippen LogP contribution in [0.3, 0.4) is 0 Å². The largest absolute Gasteiger partial charge is 0.450 e. The number of rotatable bonds is 4. The molecule has 0 bridgehead atoms. The zero-order chi connectivity index (χ0) is 29.1. The monoisotopic (exact) mass is 572 g/mol. The van der Waals surface area contributed by atoms with Gasteiger partial charge in [0, 0.05) is 0 Å². The summed E-state index contributed by atoms with van der Waals surface area (Å²) in [5.74, 6) is -29.3. The Morgan fingerprint density at radius 2 is 0.895 bits per heavy atom. The highest BCUT2D eigenvalue weighted by Crippen LogP contribution is 2.52. The number of hydrogen-bond acceptors (Lipinski definition) is 4. The van der Waals surface area contributed by atoms with Gasteiger partial charge in [-0.05, 0) is 12.1 Å². The Bertz CT molecular complexity index is 1390.